The molecule has 0 aliphatic carbocycles. The van der Waals surface area contributed by atoms with E-state index in [9.17, 15) is 4.79 Å². The molecule has 1 aromatic rings. The molecule has 1 aromatic heterocycles. The summed E-state index contributed by atoms with van der Waals surface area (Å²) in [6.07, 6.45) is 1.63. The summed E-state index contributed by atoms with van der Waals surface area (Å²) in [6, 6.07) is 5.73. The molecule has 0 bridgehead atoms. The first-order valence-corrected chi connectivity index (χ1v) is 12.2. The molecular formula is C19H30N2O2SSi. The van der Waals surface area contributed by atoms with E-state index in [1.165, 1.54) is 0 Å². The van der Waals surface area contributed by atoms with Crippen LogP contribution in [0.1, 0.15) is 40.3 Å². The third kappa shape index (κ3) is 4.18. The number of nitrogens with one attached hydrogen (secondary N) is 1. The average Bonchev–Trinajstić information content (AvgIpc) is 2.50. The maximum atomic E-state index is 12.2. The number of thiocarbonyl (C=S) groups is 1. The van der Waals surface area contributed by atoms with E-state index >= 15 is 0 Å². The molecule has 25 heavy (non-hydrogen) atoms. The number of carbonyl (C=O) groups is 1. The molecule has 0 aromatic carbocycles. The van der Waals surface area contributed by atoms with Crippen LogP contribution in [-0.4, -0.2) is 36.2 Å². The second kappa shape index (κ2) is 7.25. The monoisotopic (exact) mass is 378 g/mol. The zero-order chi connectivity index (χ0) is 19.0. The molecule has 0 saturated carbocycles. The molecule has 4 nitrogen and oxygen atoms in total. The summed E-state index contributed by atoms with van der Waals surface area (Å²) in [5, 5.41) is 3.15. The quantitative estimate of drug-likeness (QED) is 0.352. The molecule has 0 unspecified atom stereocenters. The standard InChI is InChI=1S/C19H30N2O2SSi/c1-12(17(24)14-10-8-9-11-20-14)16-15(18(22)21-16)13(2)23-25(6,7)19(3,4)5/h8-13,15-16H,1-7H3,(H,21,22)/t12-,13-,15-,16-/m1/s1. The predicted octanol–water partition coefficient (Wildman–Crippen LogP) is 3.96. The summed E-state index contributed by atoms with van der Waals surface area (Å²) >= 11 is 5.62. The zero-order valence-electron chi connectivity index (χ0n) is 16.3. The third-order valence-corrected chi connectivity index (χ3v) is 10.8. The Morgan fingerprint density at radius 1 is 1.32 bits per heavy atom. The van der Waals surface area contributed by atoms with E-state index in [1.807, 2.05) is 25.1 Å². The lowest BCUT2D eigenvalue weighted by molar-refractivity contribution is -0.140. The summed E-state index contributed by atoms with van der Waals surface area (Å²) in [5.41, 5.74) is 0.808. The fraction of sp³-hybridized carbons (Fsp3) is 0.632. The van der Waals surface area contributed by atoms with Crippen LogP contribution >= 0.6 is 12.2 Å². The van der Waals surface area contributed by atoms with Gasteiger partial charge in [0.2, 0.25) is 5.91 Å². The number of aromatic nitrogens is 1. The number of nitrogens with zero attached hydrogens (tertiary/aromatic N) is 1. The third-order valence-electron chi connectivity index (χ3n) is 5.66. The number of hydrogen-bond acceptors (Lipinski definition) is 4. The van der Waals surface area contributed by atoms with Gasteiger partial charge >= 0.3 is 0 Å². The topological polar surface area (TPSA) is 51.2 Å². The first-order valence-electron chi connectivity index (χ1n) is 8.89. The number of pyridine rings is 1. The van der Waals surface area contributed by atoms with Crippen molar-refractivity contribution < 1.29 is 9.22 Å². The van der Waals surface area contributed by atoms with Gasteiger partial charge in [-0.05, 0) is 37.2 Å². The Morgan fingerprint density at radius 3 is 2.44 bits per heavy atom. The van der Waals surface area contributed by atoms with Crippen molar-refractivity contribution in [2.75, 3.05) is 0 Å². The fourth-order valence-corrected chi connectivity index (χ4v) is 4.67. The van der Waals surface area contributed by atoms with Crippen molar-refractivity contribution in [2.45, 2.75) is 64.9 Å². The Kier molecular flexibility index (Phi) is 5.86. The van der Waals surface area contributed by atoms with Crippen LogP contribution in [0, 0.1) is 11.8 Å². The minimum absolute atomic E-state index is 0.00164. The Morgan fingerprint density at radius 2 is 1.96 bits per heavy atom. The van der Waals surface area contributed by atoms with Crippen LogP contribution in [0.25, 0.3) is 0 Å². The van der Waals surface area contributed by atoms with Gasteiger partial charge in [-0.3, -0.25) is 9.78 Å². The molecule has 2 heterocycles. The normalized spacial score (nSPS) is 23.4. The number of carbonyl (C=O) groups excluding carboxylic acids is 1. The average molecular weight is 379 g/mol. The number of amides is 1. The van der Waals surface area contributed by atoms with Gasteiger partial charge in [-0.15, -0.1) is 0 Å². The summed E-state index contributed by atoms with van der Waals surface area (Å²) in [7, 11) is -1.92. The molecule has 2 rings (SSSR count). The molecule has 1 aliphatic heterocycles. The molecule has 0 radical (unpaired) electrons. The van der Waals surface area contributed by atoms with E-state index in [0.717, 1.165) is 10.6 Å². The van der Waals surface area contributed by atoms with Crippen LogP contribution in [0.3, 0.4) is 0 Å². The summed E-state index contributed by atoms with van der Waals surface area (Å²) < 4.78 is 6.46. The first-order chi connectivity index (χ1) is 11.5. The lowest BCUT2D eigenvalue weighted by atomic mass is 9.77. The van der Waals surface area contributed by atoms with E-state index in [4.69, 9.17) is 16.6 Å². The van der Waals surface area contributed by atoms with Crippen molar-refractivity contribution in [3.05, 3.63) is 30.1 Å². The minimum Gasteiger partial charge on any atom is -0.413 e. The number of β-lactam (4-membered cyclic amide) rings is 1. The highest BCUT2D eigenvalue weighted by Gasteiger charge is 2.49. The molecule has 1 saturated heterocycles. The van der Waals surface area contributed by atoms with Crippen molar-refractivity contribution in [3.8, 4) is 0 Å². The summed E-state index contributed by atoms with van der Waals surface area (Å²) in [4.78, 5) is 17.4. The van der Waals surface area contributed by atoms with Crippen LogP contribution in [0.5, 0.6) is 0 Å². The van der Waals surface area contributed by atoms with Crippen molar-refractivity contribution in [1.82, 2.24) is 10.3 Å². The van der Waals surface area contributed by atoms with Crippen molar-refractivity contribution >= 4 is 31.3 Å². The second-order valence-electron chi connectivity index (χ2n) is 8.51. The maximum absolute atomic E-state index is 12.2. The van der Waals surface area contributed by atoms with Gasteiger partial charge in [0.15, 0.2) is 8.32 Å². The molecule has 1 N–H and O–H groups in total. The smallest absolute Gasteiger partial charge is 0.228 e. The van der Waals surface area contributed by atoms with E-state index in [-0.39, 0.29) is 34.9 Å². The molecule has 0 spiro atoms. The van der Waals surface area contributed by atoms with Crippen LogP contribution in [0.4, 0.5) is 0 Å². The highest BCUT2D eigenvalue weighted by Crippen LogP contribution is 2.39. The van der Waals surface area contributed by atoms with E-state index < -0.39 is 8.32 Å². The van der Waals surface area contributed by atoms with E-state index in [1.54, 1.807) is 6.20 Å². The molecule has 1 aliphatic rings. The molecule has 1 amide bonds. The van der Waals surface area contributed by atoms with Crippen LogP contribution in [-0.2, 0) is 9.22 Å². The summed E-state index contributed by atoms with van der Waals surface area (Å²) in [6.45, 7) is 15.2. The molecule has 1 fully saturated rings. The lowest BCUT2D eigenvalue weighted by Crippen LogP contribution is -2.66. The number of hydrogen-bond donors (Lipinski definition) is 1. The second-order valence-corrected chi connectivity index (χ2v) is 13.7. The van der Waals surface area contributed by atoms with Gasteiger partial charge in [0.1, 0.15) is 0 Å². The Hall–Kier alpha value is -1.11. The van der Waals surface area contributed by atoms with Crippen LogP contribution in [0.15, 0.2) is 24.4 Å². The molecule has 6 heteroatoms. The Labute approximate surface area is 157 Å². The highest BCUT2D eigenvalue weighted by molar-refractivity contribution is 7.80. The van der Waals surface area contributed by atoms with Crippen molar-refractivity contribution in [2.24, 2.45) is 11.8 Å². The van der Waals surface area contributed by atoms with Gasteiger partial charge in [0.05, 0.1) is 23.8 Å². The van der Waals surface area contributed by atoms with Gasteiger partial charge < -0.3 is 9.74 Å². The van der Waals surface area contributed by atoms with Gasteiger partial charge in [-0.25, -0.2) is 0 Å². The lowest BCUT2D eigenvalue weighted by Gasteiger charge is -2.47. The van der Waals surface area contributed by atoms with Gasteiger partial charge in [0, 0.05) is 17.0 Å². The SMILES string of the molecule is C[C@@H](O[Si](C)(C)C(C)(C)C)[C@H]1C(=O)N[C@@H]1[C@@H](C)C(=S)c1ccccn1. The minimum atomic E-state index is -1.92. The molecular weight excluding hydrogens is 348 g/mol. The zero-order valence-corrected chi connectivity index (χ0v) is 18.1. The van der Waals surface area contributed by atoms with E-state index in [2.05, 4.69) is 51.1 Å². The fourth-order valence-electron chi connectivity index (χ4n) is 2.98. The summed E-state index contributed by atoms with van der Waals surface area (Å²) in [5.74, 6) is -0.0595. The largest absolute Gasteiger partial charge is 0.413 e. The van der Waals surface area contributed by atoms with Gasteiger partial charge in [-0.1, -0.05) is 46.0 Å². The predicted molar refractivity (Wildman–Crippen MR) is 108 cm³/mol. The van der Waals surface area contributed by atoms with Crippen molar-refractivity contribution in [3.63, 3.8) is 0 Å². The Bertz CT molecular complexity index is 643. The van der Waals surface area contributed by atoms with Crippen LogP contribution in [0.2, 0.25) is 18.1 Å². The van der Waals surface area contributed by atoms with Gasteiger partial charge in [0.25, 0.3) is 0 Å². The van der Waals surface area contributed by atoms with E-state index in [0.29, 0.717) is 0 Å². The number of rotatable bonds is 6. The van der Waals surface area contributed by atoms with Gasteiger partial charge in [-0.2, -0.15) is 0 Å². The highest BCUT2D eigenvalue weighted by atomic mass is 32.1. The first kappa shape index (κ1) is 20.2. The van der Waals surface area contributed by atoms with Crippen molar-refractivity contribution in [1.29, 1.82) is 0 Å². The van der Waals surface area contributed by atoms with Crippen LogP contribution < -0.4 is 5.32 Å². The molecule has 4 atom stereocenters. The Balaban J connectivity index is 2.11. The molecule has 138 valence electrons. The maximum Gasteiger partial charge on any atom is 0.228 e.